The summed E-state index contributed by atoms with van der Waals surface area (Å²) in [6.07, 6.45) is -4.61. The monoisotopic (exact) mass is 304 g/mol. The molecule has 13 heavy (non-hydrogen) atoms. The molecule has 0 spiro atoms. The van der Waals surface area contributed by atoms with Crippen LogP contribution < -0.4 is 0 Å². The first-order valence-electron chi connectivity index (χ1n) is 3.36. The molecule has 0 fully saturated rings. The summed E-state index contributed by atoms with van der Waals surface area (Å²) in [7, 11) is 0. The van der Waals surface area contributed by atoms with Crippen molar-refractivity contribution in [2.45, 2.75) is 10.6 Å². The minimum atomic E-state index is -4.61. The van der Waals surface area contributed by atoms with E-state index in [-0.39, 0.29) is 0 Å². The van der Waals surface area contributed by atoms with Gasteiger partial charge in [0.05, 0.1) is 5.56 Å². The Morgan fingerprint density at radius 3 is 2.31 bits per heavy atom. The smallest absolute Gasteiger partial charge is 0.206 e. The predicted octanol–water partition coefficient (Wildman–Crippen LogP) is 3.78. The Bertz CT molecular complexity index is 306. The number of benzene rings is 1. The Kier molecular flexibility index (Phi) is 3.15. The molecule has 0 aromatic heterocycles. The SMILES string of the molecule is Fc1ccc(CI)cc1C(F)(F)F. The van der Waals surface area contributed by atoms with Crippen LogP contribution in [-0.4, -0.2) is 0 Å². The van der Waals surface area contributed by atoms with Gasteiger partial charge in [0, 0.05) is 4.43 Å². The number of rotatable bonds is 1. The third-order valence-corrected chi connectivity index (χ3v) is 2.37. The summed E-state index contributed by atoms with van der Waals surface area (Å²) in [4.78, 5) is 0. The average molecular weight is 304 g/mol. The Labute approximate surface area is 86.1 Å². The zero-order chi connectivity index (χ0) is 10.1. The first-order chi connectivity index (χ1) is 5.95. The molecule has 0 aliphatic carbocycles. The molecule has 0 nitrogen and oxygen atoms in total. The van der Waals surface area contributed by atoms with Crippen LogP contribution in [0.4, 0.5) is 17.6 Å². The van der Waals surface area contributed by atoms with Crippen LogP contribution in [0.3, 0.4) is 0 Å². The predicted molar refractivity (Wildman–Crippen MR) is 49.1 cm³/mol. The first kappa shape index (κ1) is 10.7. The molecule has 0 heterocycles. The fourth-order valence-electron chi connectivity index (χ4n) is 0.873. The van der Waals surface area contributed by atoms with Gasteiger partial charge in [-0.05, 0) is 17.7 Å². The van der Waals surface area contributed by atoms with Gasteiger partial charge >= 0.3 is 6.18 Å². The third-order valence-electron chi connectivity index (χ3n) is 1.49. The largest absolute Gasteiger partial charge is 0.419 e. The van der Waals surface area contributed by atoms with Crippen LogP contribution in [0.2, 0.25) is 0 Å². The molecular weight excluding hydrogens is 299 g/mol. The Morgan fingerprint density at radius 1 is 1.23 bits per heavy atom. The molecule has 0 unspecified atom stereocenters. The van der Waals surface area contributed by atoms with Gasteiger partial charge in [-0.15, -0.1) is 0 Å². The summed E-state index contributed by atoms with van der Waals surface area (Å²) in [5, 5.41) is 0. The van der Waals surface area contributed by atoms with Gasteiger partial charge in [0.25, 0.3) is 0 Å². The van der Waals surface area contributed by atoms with Crippen molar-refractivity contribution in [3.63, 3.8) is 0 Å². The quantitative estimate of drug-likeness (QED) is 0.421. The zero-order valence-electron chi connectivity index (χ0n) is 6.33. The number of hydrogen-bond donors (Lipinski definition) is 0. The molecule has 0 atom stereocenters. The summed E-state index contributed by atoms with van der Waals surface area (Å²) in [5.41, 5.74) is -0.726. The van der Waals surface area contributed by atoms with E-state index in [9.17, 15) is 17.6 Å². The summed E-state index contributed by atoms with van der Waals surface area (Å²) < 4.78 is 49.5. The molecule has 1 rings (SSSR count). The summed E-state index contributed by atoms with van der Waals surface area (Å²) >= 11 is 1.92. The van der Waals surface area contributed by atoms with E-state index in [0.29, 0.717) is 9.99 Å². The molecule has 0 bridgehead atoms. The van der Waals surface area contributed by atoms with E-state index in [2.05, 4.69) is 0 Å². The fraction of sp³-hybridized carbons (Fsp3) is 0.250. The topological polar surface area (TPSA) is 0 Å². The van der Waals surface area contributed by atoms with Crippen molar-refractivity contribution in [3.8, 4) is 0 Å². The minimum Gasteiger partial charge on any atom is -0.206 e. The van der Waals surface area contributed by atoms with Crippen molar-refractivity contribution in [1.82, 2.24) is 0 Å². The van der Waals surface area contributed by atoms with Crippen molar-refractivity contribution >= 4 is 22.6 Å². The maximum Gasteiger partial charge on any atom is 0.419 e. The highest BCUT2D eigenvalue weighted by Crippen LogP contribution is 2.32. The van der Waals surface area contributed by atoms with Crippen LogP contribution in [0, 0.1) is 5.82 Å². The highest BCUT2D eigenvalue weighted by molar-refractivity contribution is 14.1. The minimum absolute atomic E-state index is 0.432. The van der Waals surface area contributed by atoms with Gasteiger partial charge in [0.2, 0.25) is 0 Å². The summed E-state index contributed by atoms with van der Waals surface area (Å²) in [5.74, 6) is -1.22. The van der Waals surface area contributed by atoms with Gasteiger partial charge in [-0.25, -0.2) is 4.39 Å². The lowest BCUT2D eigenvalue weighted by Crippen LogP contribution is -2.08. The van der Waals surface area contributed by atoms with E-state index in [0.717, 1.165) is 12.1 Å². The zero-order valence-corrected chi connectivity index (χ0v) is 8.49. The highest BCUT2D eigenvalue weighted by atomic mass is 127. The molecule has 72 valence electrons. The highest BCUT2D eigenvalue weighted by Gasteiger charge is 2.33. The number of alkyl halides is 4. The summed E-state index contributed by atoms with van der Waals surface area (Å²) in [6, 6.07) is 3.02. The van der Waals surface area contributed by atoms with E-state index in [1.165, 1.54) is 6.07 Å². The van der Waals surface area contributed by atoms with Crippen LogP contribution in [0.25, 0.3) is 0 Å². The Morgan fingerprint density at radius 2 is 1.85 bits per heavy atom. The molecule has 0 aliphatic heterocycles. The fourth-order valence-corrected chi connectivity index (χ4v) is 1.35. The lowest BCUT2D eigenvalue weighted by Gasteiger charge is -2.08. The molecule has 0 saturated heterocycles. The molecule has 5 heteroatoms. The van der Waals surface area contributed by atoms with Crippen molar-refractivity contribution in [3.05, 3.63) is 35.1 Å². The number of hydrogen-bond acceptors (Lipinski definition) is 0. The van der Waals surface area contributed by atoms with Crippen LogP contribution in [0.5, 0.6) is 0 Å². The molecule has 0 aliphatic rings. The van der Waals surface area contributed by atoms with E-state index in [1.807, 2.05) is 22.6 Å². The van der Waals surface area contributed by atoms with Crippen LogP contribution in [0.15, 0.2) is 18.2 Å². The van der Waals surface area contributed by atoms with Crippen molar-refractivity contribution in [2.24, 2.45) is 0 Å². The van der Waals surface area contributed by atoms with E-state index >= 15 is 0 Å². The van der Waals surface area contributed by atoms with Gasteiger partial charge in [-0.3, -0.25) is 0 Å². The van der Waals surface area contributed by atoms with E-state index in [1.54, 1.807) is 0 Å². The van der Waals surface area contributed by atoms with Gasteiger partial charge in [0.1, 0.15) is 5.82 Å². The van der Waals surface area contributed by atoms with E-state index < -0.39 is 17.6 Å². The average Bonchev–Trinajstić information content (AvgIpc) is 2.03. The van der Waals surface area contributed by atoms with Crippen molar-refractivity contribution in [1.29, 1.82) is 0 Å². The normalized spacial score (nSPS) is 11.8. The summed E-state index contributed by atoms with van der Waals surface area (Å²) in [6.45, 7) is 0. The molecule has 1 aromatic rings. The van der Waals surface area contributed by atoms with Gasteiger partial charge in [-0.1, -0.05) is 28.7 Å². The molecule has 1 aromatic carbocycles. The molecule has 0 amide bonds. The molecular formula is C8H5F4I. The first-order valence-corrected chi connectivity index (χ1v) is 4.89. The van der Waals surface area contributed by atoms with Gasteiger partial charge in [0.15, 0.2) is 0 Å². The molecule has 0 saturated carbocycles. The molecule has 0 radical (unpaired) electrons. The van der Waals surface area contributed by atoms with Gasteiger partial charge < -0.3 is 0 Å². The van der Waals surface area contributed by atoms with Crippen molar-refractivity contribution < 1.29 is 17.6 Å². The second kappa shape index (κ2) is 3.81. The lowest BCUT2D eigenvalue weighted by molar-refractivity contribution is -0.140. The maximum atomic E-state index is 12.7. The van der Waals surface area contributed by atoms with Crippen LogP contribution in [0.1, 0.15) is 11.1 Å². The van der Waals surface area contributed by atoms with Gasteiger partial charge in [-0.2, -0.15) is 13.2 Å². The lowest BCUT2D eigenvalue weighted by atomic mass is 10.1. The van der Waals surface area contributed by atoms with E-state index in [4.69, 9.17) is 0 Å². The third kappa shape index (κ3) is 2.55. The second-order valence-corrected chi connectivity index (χ2v) is 3.21. The van der Waals surface area contributed by atoms with Crippen molar-refractivity contribution in [2.75, 3.05) is 0 Å². The second-order valence-electron chi connectivity index (χ2n) is 2.45. The van der Waals surface area contributed by atoms with Crippen LogP contribution >= 0.6 is 22.6 Å². The van der Waals surface area contributed by atoms with Crippen LogP contribution in [-0.2, 0) is 10.6 Å². The molecule has 0 N–H and O–H groups in total. The Balaban J connectivity index is 3.19. The standard InChI is InChI=1S/C8H5F4I/c9-7-2-1-5(4-13)3-6(7)8(10,11)12/h1-3H,4H2. The Hall–Kier alpha value is -0.330. The number of halogens is 5. The maximum absolute atomic E-state index is 12.7.